The van der Waals surface area contributed by atoms with E-state index in [4.69, 9.17) is 0 Å². The van der Waals surface area contributed by atoms with Crippen molar-refractivity contribution in [1.82, 2.24) is 9.44 Å². The van der Waals surface area contributed by atoms with Crippen molar-refractivity contribution < 1.29 is 31.5 Å². The monoisotopic (exact) mass is 637 g/mol. The summed E-state index contributed by atoms with van der Waals surface area (Å²) in [7, 11) is -7.91. The van der Waals surface area contributed by atoms with Gasteiger partial charge in [-0.15, -0.1) is 0 Å². The van der Waals surface area contributed by atoms with E-state index in [0.29, 0.717) is 5.69 Å². The summed E-state index contributed by atoms with van der Waals surface area (Å²) >= 11 is 3.37. The van der Waals surface area contributed by atoms with Crippen LogP contribution in [0.5, 0.6) is 0 Å². The van der Waals surface area contributed by atoms with Crippen molar-refractivity contribution in [3.63, 3.8) is 0 Å². The van der Waals surface area contributed by atoms with Gasteiger partial charge in [0.05, 0.1) is 9.79 Å². The Morgan fingerprint density at radius 1 is 0.795 bits per heavy atom. The first-order chi connectivity index (χ1) is 18.4. The zero-order valence-corrected chi connectivity index (χ0v) is 24.1. The lowest BCUT2D eigenvalue weighted by Gasteiger charge is -2.15. The third-order valence-electron chi connectivity index (χ3n) is 5.63. The van der Waals surface area contributed by atoms with E-state index in [1.165, 1.54) is 43.3 Å². The van der Waals surface area contributed by atoms with Crippen LogP contribution < -0.4 is 14.8 Å². The van der Waals surface area contributed by atoms with E-state index in [2.05, 4.69) is 30.7 Å². The Morgan fingerprint density at radius 3 is 1.85 bits per heavy atom. The summed E-state index contributed by atoms with van der Waals surface area (Å²) in [5.74, 6) is -1.61. The van der Waals surface area contributed by atoms with E-state index in [1.807, 2.05) is 24.3 Å². The van der Waals surface area contributed by atoms with Gasteiger partial charge in [0.15, 0.2) is 0 Å². The maximum atomic E-state index is 12.8. The topological polar surface area (TPSA) is 159 Å². The van der Waals surface area contributed by atoms with Gasteiger partial charge in [0, 0.05) is 23.6 Å². The number of hydrogen-bond donors (Lipinski definition) is 4. The highest BCUT2D eigenvalue weighted by molar-refractivity contribution is 9.10. The maximum absolute atomic E-state index is 12.8. The van der Waals surface area contributed by atoms with Crippen LogP contribution in [-0.2, 0) is 29.6 Å². The molecule has 1 atom stereocenters. The summed E-state index contributed by atoms with van der Waals surface area (Å²) in [5, 5.41) is 12.1. The first-order valence-corrected chi connectivity index (χ1v) is 15.6. The summed E-state index contributed by atoms with van der Waals surface area (Å²) in [4.78, 5) is 22.7. The first kappa shape index (κ1) is 30.4. The number of sulfonamides is 2. The first-order valence-electron chi connectivity index (χ1n) is 11.9. The molecule has 1 unspecified atom stereocenters. The van der Waals surface area contributed by atoms with Crippen LogP contribution in [0.3, 0.4) is 0 Å². The molecule has 0 aromatic heterocycles. The number of aliphatic carboxylic acids is 1. The normalized spacial score (nSPS) is 12.6. The van der Waals surface area contributed by atoms with Gasteiger partial charge < -0.3 is 10.4 Å². The number of hydrogen-bond acceptors (Lipinski definition) is 6. The lowest BCUT2D eigenvalue weighted by Crippen LogP contribution is -2.40. The number of carbonyl (C=O) groups is 2. The molecule has 1 amide bonds. The van der Waals surface area contributed by atoms with Gasteiger partial charge in [-0.25, -0.2) is 21.6 Å². The Hall–Kier alpha value is -3.10. The maximum Gasteiger partial charge on any atom is 0.321 e. The Bertz CT molecular complexity index is 1510. The van der Waals surface area contributed by atoms with Crippen LogP contribution in [0.1, 0.15) is 26.2 Å². The standard InChI is InChI=1S/C26H28BrN3O7S2/c1-18(31)29-22-11-15-23(16-12-22)38(34,35)28-17-3-2-4-25(26(32)33)30-39(36,37)24-13-7-20(8-14-24)19-5-9-21(27)10-6-19/h5-16,25,28,30H,2-4,17H2,1H3,(H,29,31)(H,32,33). The smallest absolute Gasteiger partial charge is 0.321 e. The highest BCUT2D eigenvalue weighted by Gasteiger charge is 2.25. The summed E-state index contributed by atoms with van der Waals surface area (Å²) in [6, 6.07) is 17.9. The lowest BCUT2D eigenvalue weighted by atomic mass is 10.1. The second-order valence-corrected chi connectivity index (χ2v) is 13.0. The molecule has 13 heteroatoms. The number of rotatable bonds is 13. The highest BCUT2D eigenvalue weighted by Crippen LogP contribution is 2.23. The summed E-state index contributed by atoms with van der Waals surface area (Å²) < 4.78 is 56.1. The Morgan fingerprint density at radius 2 is 1.31 bits per heavy atom. The minimum absolute atomic E-state index is 0.0129. The van der Waals surface area contributed by atoms with Gasteiger partial charge in [0.25, 0.3) is 0 Å². The van der Waals surface area contributed by atoms with Gasteiger partial charge in [-0.1, -0.05) is 40.2 Å². The van der Waals surface area contributed by atoms with E-state index in [9.17, 15) is 31.5 Å². The van der Waals surface area contributed by atoms with Gasteiger partial charge in [0.2, 0.25) is 26.0 Å². The fourth-order valence-electron chi connectivity index (χ4n) is 3.64. The van der Waals surface area contributed by atoms with Gasteiger partial charge >= 0.3 is 5.97 Å². The largest absolute Gasteiger partial charge is 0.480 e. The molecule has 39 heavy (non-hydrogen) atoms. The third kappa shape index (κ3) is 8.97. The molecule has 0 aliphatic rings. The minimum atomic E-state index is -4.10. The van der Waals surface area contributed by atoms with E-state index < -0.39 is 32.1 Å². The molecule has 0 aliphatic carbocycles. The van der Waals surface area contributed by atoms with Crippen LogP contribution >= 0.6 is 15.9 Å². The molecular weight excluding hydrogens is 610 g/mol. The molecule has 0 bridgehead atoms. The number of amides is 1. The number of carbonyl (C=O) groups excluding carboxylic acids is 1. The van der Waals surface area contributed by atoms with Crippen LogP contribution in [0.2, 0.25) is 0 Å². The van der Waals surface area contributed by atoms with Gasteiger partial charge in [-0.3, -0.25) is 9.59 Å². The molecule has 3 aromatic rings. The number of nitrogens with one attached hydrogen (secondary N) is 3. The van der Waals surface area contributed by atoms with Gasteiger partial charge in [0.1, 0.15) is 6.04 Å². The molecule has 0 saturated heterocycles. The number of carboxylic acid groups (broad SMARTS) is 1. The number of benzene rings is 3. The van der Waals surface area contributed by atoms with Crippen LogP contribution in [-0.4, -0.2) is 46.4 Å². The van der Waals surface area contributed by atoms with Crippen molar-refractivity contribution in [2.75, 3.05) is 11.9 Å². The predicted molar refractivity (Wildman–Crippen MR) is 151 cm³/mol. The number of anilines is 1. The SMILES string of the molecule is CC(=O)Nc1ccc(S(=O)(=O)NCCCCC(NS(=O)(=O)c2ccc(-c3ccc(Br)cc3)cc2)C(=O)O)cc1. The number of unbranched alkanes of at least 4 members (excludes halogenated alkanes) is 1. The lowest BCUT2D eigenvalue weighted by molar-refractivity contribution is -0.139. The van der Waals surface area contributed by atoms with E-state index in [-0.39, 0.29) is 41.5 Å². The molecule has 0 saturated carbocycles. The molecule has 0 radical (unpaired) electrons. The average Bonchev–Trinajstić information content (AvgIpc) is 2.88. The summed E-state index contributed by atoms with van der Waals surface area (Å²) in [6.45, 7) is 1.38. The molecule has 4 N–H and O–H groups in total. The molecule has 0 fully saturated rings. The van der Waals surface area contributed by atoms with Gasteiger partial charge in [-0.05, 0) is 78.9 Å². The fourth-order valence-corrected chi connectivity index (χ4v) is 6.20. The second kappa shape index (κ2) is 13.3. The number of halogens is 1. The molecule has 3 rings (SSSR count). The Kier molecular flexibility index (Phi) is 10.4. The van der Waals surface area contributed by atoms with Crippen LogP contribution in [0, 0.1) is 0 Å². The molecule has 10 nitrogen and oxygen atoms in total. The van der Waals surface area contributed by atoms with E-state index >= 15 is 0 Å². The van der Waals surface area contributed by atoms with E-state index in [1.54, 1.807) is 12.1 Å². The summed E-state index contributed by atoms with van der Waals surface area (Å²) in [6.07, 6.45) is 0.515. The van der Waals surface area contributed by atoms with Crippen LogP contribution in [0.15, 0.2) is 87.1 Å². The Labute approximate surface area is 236 Å². The van der Waals surface area contributed by atoms with Crippen molar-refractivity contribution >= 4 is 53.5 Å². The predicted octanol–water partition coefficient (Wildman–Crippen LogP) is 3.95. The molecule has 0 heterocycles. The van der Waals surface area contributed by atoms with Crippen LogP contribution in [0.4, 0.5) is 5.69 Å². The van der Waals surface area contributed by atoms with Crippen molar-refractivity contribution in [3.05, 3.63) is 77.3 Å². The highest BCUT2D eigenvalue weighted by atomic mass is 79.9. The third-order valence-corrected chi connectivity index (χ3v) is 9.13. The average molecular weight is 639 g/mol. The molecular formula is C26H28BrN3O7S2. The zero-order valence-electron chi connectivity index (χ0n) is 20.9. The van der Waals surface area contributed by atoms with Gasteiger partial charge in [-0.2, -0.15) is 4.72 Å². The fraction of sp³-hybridized carbons (Fsp3) is 0.231. The van der Waals surface area contributed by atoms with Crippen molar-refractivity contribution in [3.8, 4) is 11.1 Å². The number of carboxylic acids is 1. The second-order valence-electron chi connectivity index (χ2n) is 8.64. The quantitative estimate of drug-likeness (QED) is 0.206. The molecule has 0 aliphatic heterocycles. The molecule has 208 valence electrons. The summed E-state index contributed by atoms with van der Waals surface area (Å²) in [5.41, 5.74) is 2.17. The zero-order chi connectivity index (χ0) is 28.6. The van der Waals surface area contributed by atoms with Crippen molar-refractivity contribution in [2.24, 2.45) is 0 Å². The van der Waals surface area contributed by atoms with Crippen molar-refractivity contribution in [1.29, 1.82) is 0 Å². The molecule has 3 aromatic carbocycles. The van der Waals surface area contributed by atoms with Crippen molar-refractivity contribution in [2.45, 2.75) is 42.0 Å². The Balaban J connectivity index is 1.52. The van der Waals surface area contributed by atoms with Crippen LogP contribution in [0.25, 0.3) is 11.1 Å². The van der Waals surface area contributed by atoms with E-state index in [0.717, 1.165) is 15.6 Å². The minimum Gasteiger partial charge on any atom is -0.480 e. The molecule has 0 spiro atoms.